The third kappa shape index (κ3) is 4.09. The van der Waals surface area contributed by atoms with E-state index in [9.17, 15) is 14.4 Å². The fourth-order valence-corrected chi connectivity index (χ4v) is 4.11. The second kappa shape index (κ2) is 8.35. The zero-order chi connectivity index (χ0) is 22.1. The summed E-state index contributed by atoms with van der Waals surface area (Å²) in [6, 6.07) is 11.2. The standard InChI is InChI=1S/C22H20N2O6S/c1-12(25)29-14-8-17-20(31)23-16-10-19(30-22(27)13-6-4-3-5-7-13)18(28-2)9-15(16)21(26)24(17)11-14/h3-7,9-10,14,17H,8,11H2,1-2H3,(H,23,31)/t14-,17-/m0/s1. The van der Waals surface area contributed by atoms with Crippen molar-refractivity contribution in [3.63, 3.8) is 0 Å². The molecule has 2 aliphatic heterocycles. The van der Waals surface area contributed by atoms with Crippen molar-refractivity contribution in [3.05, 3.63) is 53.6 Å². The fraction of sp³-hybridized carbons (Fsp3) is 0.273. The minimum atomic E-state index is -0.550. The molecule has 8 nitrogen and oxygen atoms in total. The average Bonchev–Trinajstić information content (AvgIpc) is 3.13. The number of thiocarbonyl (C=S) groups is 1. The maximum Gasteiger partial charge on any atom is 0.343 e. The first-order chi connectivity index (χ1) is 14.9. The Balaban J connectivity index is 1.65. The van der Waals surface area contributed by atoms with Crippen molar-refractivity contribution in [2.24, 2.45) is 0 Å². The number of amides is 1. The molecule has 1 N–H and O–H groups in total. The van der Waals surface area contributed by atoms with Crippen LogP contribution in [0.15, 0.2) is 42.5 Å². The Morgan fingerprint density at radius 2 is 1.90 bits per heavy atom. The lowest BCUT2D eigenvalue weighted by Crippen LogP contribution is -2.39. The number of ether oxygens (including phenoxy) is 3. The lowest BCUT2D eigenvalue weighted by Gasteiger charge is -2.21. The molecule has 2 heterocycles. The van der Waals surface area contributed by atoms with Crippen LogP contribution in [0, 0.1) is 0 Å². The first kappa shape index (κ1) is 20.8. The number of carbonyl (C=O) groups is 3. The molecule has 0 spiro atoms. The number of methoxy groups -OCH3 is 1. The first-order valence-corrected chi connectivity index (χ1v) is 10.1. The van der Waals surface area contributed by atoms with E-state index in [0.717, 1.165) is 0 Å². The Kier molecular flexibility index (Phi) is 5.60. The molecule has 2 atom stereocenters. The van der Waals surface area contributed by atoms with Crippen LogP contribution in [0.2, 0.25) is 0 Å². The minimum Gasteiger partial charge on any atom is -0.493 e. The van der Waals surface area contributed by atoms with Gasteiger partial charge in [0.15, 0.2) is 11.5 Å². The van der Waals surface area contributed by atoms with Crippen LogP contribution in [-0.4, -0.2) is 53.5 Å². The summed E-state index contributed by atoms with van der Waals surface area (Å²) >= 11 is 5.51. The Morgan fingerprint density at radius 3 is 2.58 bits per heavy atom. The quantitative estimate of drug-likeness (QED) is 0.441. The van der Waals surface area contributed by atoms with Gasteiger partial charge in [-0.05, 0) is 18.2 Å². The Labute approximate surface area is 184 Å². The molecule has 0 saturated carbocycles. The van der Waals surface area contributed by atoms with E-state index in [1.807, 2.05) is 0 Å². The Hall–Kier alpha value is -3.46. The number of rotatable bonds is 4. The van der Waals surface area contributed by atoms with Crippen LogP contribution in [0.1, 0.15) is 34.1 Å². The van der Waals surface area contributed by atoms with Gasteiger partial charge in [0.2, 0.25) is 0 Å². The summed E-state index contributed by atoms with van der Waals surface area (Å²) in [6.45, 7) is 1.58. The predicted octanol–water partition coefficient (Wildman–Crippen LogP) is 2.81. The molecule has 1 fully saturated rings. The van der Waals surface area contributed by atoms with Crippen molar-refractivity contribution in [2.75, 3.05) is 19.0 Å². The lowest BCUT2D eigenvalue weighted by molar-refractivity contribution is -0.145. The molecule has 0 bridgehead atoms. The topological polar surface area (TPSA) is 94.2 Å². The summed E-state index contributed by atoms with van der Waals surface area (Å²) in [4.78, 5) is 39.1. The number of hydrogen-bond acceptors (Lipinski definition) is 7. The molecular formula is C22H20N2O6S. The highest BCUT2D eigenvalue weighted by molar-refractivity contribution is 7.80. The molecule has 0 aromatic heterocycles. The number of hydrogen-bond donors (Lipinski definition) is 1. The van der Waals surface area contributed by atoms with E-state index >= 15 is 0 Å². The number of fused-ring (bicyclic) bond motifs is 2. The summed E-state index contributed by atoms with van der Waals surface area (Å²) in [5.74, 6) is -0.829. The smallest absolute Gasteiger partial charge is 0.343 e. The zero-order valence-corrected chi connectivity index (χ0v) is 17.7. The average molecular weight is 440 g/mol. The maximum atomic E-state index is 13.2. The van der Waals surface area contributed by atoms with Crippen LogP contribution in [0.25, 0.3) is 0 Å². The van der Waals surface area contributed by atoms with Gasteiger partial charge < -0.3 is 24.4 Å². The van der Waals surface area contributed by atoms with Crippen molar-refractivity contribution < 1.29 is 28.6 Å². The maximum absolute atomic E-state index is 13.2. The van der Waals surface area contributed by atoms with Gasteiger partial charge in [-0.25, -0.2) is 4.79 Å². The van der Waals surface area contributed by atoms with Gasteiger partial charge in [-0.2, -0.15) is 0 Å². The molecular weight excluding hydrogens is 420 g/mol. The predicted molar refractivity (Wildman–Crippen MR) is 116 cm³/mol. The summed E-state index contributed by atoms with van der Waals surface area (Å²) in [5, 5.41) is 3.08. The molecule has 2 aromatic rings. The van der Waals surface area contributed by atoms with Crippen LogP contribution >= 0.6 is 12.2 Å². The molecule has 0 radical (unpaired) electrons. The van der Waals surface area contributed by atoms with E-state index in [2.05, 4.69) is 5.32 Å². The van der Waals surface area contributed by atoms with Crippen LogP contribution in [0.3, 0.4) is 0 Å². The van der Waals surface area contributed by atoms with Gasteiger partial charge in [-0.3, -0.25) is 9.59 Å². The molecule has 0 aliphatic carbocycles. The Morgan fingerprint density at radius 1 is 1.16 bits per heavy atom. The van der Waals surface area contributed by atoms with Gasteiger partial charge in [0.1, 0.15) is 11.1 Å². The molecule has 160 valence electrons. The van der Waals surface area contributed by atoms with E-state index in [0.29, 0.717) is 28.2 Å². The molecule has 0 unspecified atom stereocenters. The minimum absolute atomic E-state index is 0.165. The molecule has 1 saturated heterocycles. The highest BCUT2D eigenvalue weighted by Crippen LogP contribution is 2.38. The Bertz CT molecular complexity index is 1070. The number of nitrogens with zero attached hydrogens (tertiary/aromatic N) is 1. The second-order valence-corrected chi connectivity index (χ2v) is 7.67. The third-order valence-corrected chi connectivity index (χ3v) is 5.54. The summed E-state index contributed by atoms with van der Waals surface area (Å²) in [5.41, 5.74) is 1.13. The molecule has 1 amide bonds. The summed E-state index contributed by atoms with van der Waals surface area (Å²) < 4.78 is 16.2. The molecule has 31 heavy (non-hydrogen) atoms. The summed E-state index contributed by atoms with van der Waals surface area (Å²) in [7, 11) is 1.43. The van der Waals surface area contributed by atoms with Crippen LogP contribution in [-0.2, 0) is 9.53 Å². The normalized spacial score (nSPS) is 19.6. The molecule has 2 aromatic carbocycles. The van der Waals surface area contributed by atoms with E-state index in [4.69, 9.17) is 26.4 Å². The number of carbonyl (C=O) groups excluding carboxylic acids is 3. The second-order valence-electron chi connectivity index (χ2n) is 7.23. The van der Waals surface area contributed by atoms with Crippen molar-refractivity contribution >= 4 is 40.7 Å². The van der Waals surface area contributed by atoms with Gasteiger partial charge in [0.25, 0.3) is 5.91 Å². The highest BCUT2D eigenvalue weighted by Gasteiger charge is 2.42. The fourth-order valence-electron chi connectivity index (χ4n) is 3.77. The van der Waals surface area contributed by atoms with E-state index in [1.165, 1.54) is 26.2 Å². The van der Waals surface area contributed by atoms with Gasteiger partial charge in [-0.1, -0.05) is 30.4 Å². The highest BCUT2D eigenvalue weighted by atomic mass is 32.1. The van der Waals surface area contributed by atoms with Crippen molar-refractivity contribution in [2.45, 2.75) is 25.5 Å². The molecule has 2 aliphatic rings. The monoisotopic (exact) mass is 440 g/mol. The van der Waals surface area contributed by atoms with Crippen molar-refractivity contribution in [1.82, 2.24) is 4.90 Å². The van der Waals surface area contributed by atoms with Crippen LogP contribution < -0.4 is 14.8 Å². The zero-order valence-electron chi connectivity index (χ0n) is 16.9. The van der Waals surface area contributed by atoms with E-state index < -0.39 is 24.1 Å². The van der Waals surface area contributed by atoms with Gasteiger partial charge >= 0.3 is 11.9 Å². The first-order valence-electron chi connectivity index (χ1n) is 9.65. The van der Waals surface area contributed by atoms with Crippen molar-refractivity contribution in [3.8, 4) is 11.5 Å². The third-order valence-electron chi connectivity index (χ3n) is 5.16. The summed E-state index contributed by atoms with van der Waals surface area (Å²) in [6.07, 6.45) is -0.00117. The number of benzene rings is 2. The van der Waals surface area contributed by atoms with Crippen LogP contribution in [0.4, 0.5) is 5.69 Å². The lowest BCUT2D eigenvalue weighted by atomic mass is 10.1. The van der Waals surface area contributed by atoms with Gasteiger partial charge in [0, 0.05) is 19.4 Å². The number of anilines is 1. The van der Waals surface area contributed by atoms with Gasteiger partial charge in [0.05, 0.1) is 36.5 Å². The SMILES string of the molecule is COc1cc2c(cc1OC(=O)c1ccccc1)NC(=S)[C@@H]1C[C@H](OC(C)=O)CN1C2=O. The number of esters is 2. The van der Waals surface area contributed by atoms with E-state index in [1.54, 1.807) is 35.2 Å². The number of nitrogens with one attached hydrogen (secondary N) is 1. The largest absolute Gasteiger partial charge is 0.493 e. The van der Waals surface area contributed by atoms with Crippen LogP contribution in [0.5, 0.6) is 11.5 Å². The van der Waals surface area contributed by atoms with E-state index in [-0.39, 0.29) is 24.0 Å². The molecule has 4 rings (SSSR count). The van der Waals surface area contributed by atoms with Crippen molar-refractivity contribution in [1.29, 1.82) is 0 Å². The molecule has 9 heteroatoms. The van der Waals surface area contributed by atoms with Gasteiger partial charge in [-0.15, -0.1) is 0 Å².